The minimum Gasteiger partial charge on any atom is -0.396 e. The van der Waals surface area contributed by atoms with Crippen LogP contribution in [0.1, 0.15) is 6.42 Å². The number of anilines is 1. The molecule has 0 bridgehead atoms. The van der Waals surface area contributed by atoms with Gasteiger partial charge in [0.1, 0.15) is 0 Å². The van der Waals surface area contributed by atoms with Crippen LogP contribution in [0.4, 0.5) is 11.5 Å². The van der Waals surface area contributed by atoms with Crippen molar-refractivity contribution in [3.05, 3.63) is 28.4 Å². The fraction of sp³-hybridized carbons (Fsp3) is 0.500. The molecule has 1 unspecified atom stereocenters. The number of nitrogens with zero attached hydrogens (tertiary/aromatic N) is 3. The molecule has 6 nitrogen and oxygen atoms in total. The number of nitro groups is 1. The highest BCUT2D eigenvalue weighted by atomic mass is 16.6. The summed E-state index contributed by atoms with van der Waals surface area (Å²) in [4.78, 5) is 16.3. The lowest BCUT2D eigenvalue weighted by atomic mass is 10.1. The molecule has 1 N–H and O–H groups in total. The third-order valence-corrected chi connectivity index (χ3v) is 2.81. The van der Waals surface area contributed by atoms with Crippen LogP contribution in [0.3, 0.4) is 0 Å². The van der Waals surface area contributed by atoms with Crippen molar-refractivity contribution in [3.8, 4) is 0 Å². The highest BCUT2D eigenvalue weighted by Crippen LogP contribution is 2.29. The fourth-order valence-electron chi connectivity index (χ4n) is 1.95. The molecule has 1 saturated heterocycles. The van der Waals surface area contributed by atoms with Gasteiger partial charge in [0.15, 0.2) is 0 Å². The molecule has 1 aromatic rings. The normalized spacial score (nSPS) is 20.1. The molecule has 6 heteroatoms. The first kappa shape index (κ1) is 10.8. The van der Waals surface area contributed by atoms with Gasteiger partial charge in [0.25, 0.3) is 0 Å². The Morgan fingerprint density at radius 1 is 1.69 bits per heavy atom. The molecule has 0 radical (unpaired) electrons. The van der Waals surface area contributed by atoms with Gasteiger partial charge < -0.3 is 10.0 Å². The Balaban J connectivity index is 2.24. The van der Waals surface area contributed by atoms with Gasteiger partial charge in [-0.15, -0.1) is 0 Å². The van der Waals surface area contributed by atoms with Crippen LogP contribution in [0, 0.1) is 16.0 Å². The summed E-state index contributed by atoms with van der Waals surface area (Å²) in [6.45, 7) is 1.47. The lowest BCUT2D eigenvalue weighted by Gasteiger charge is -2.16. The first-order chi connectivity index (χ1) is 7.72. The summed E-state index contributed by atoms with van der Waals surface area (Å²) >= 11 is 0. The van der Waals surface area contributed by atoms with Gasteiger partial charge in [-0.05, 0) is 12.5 Å². The van der Waals surface area contributed by atoms with E-state index in [1.54, 1.807) is 12.3 Å². The van der Waals surface area contributed by atoms with Crippen molar-refractivity contribution in [1.29, 1.82) is 0 Å². The molecule has 1 atom stereocenters. The quantitative estimate of drug-likeness (QED) is 0.605. The van der Waals surface area contributed by atoms with Gasteiger partial charge in [0.2, 0.25) is 5.82 Å². The predicted octanol–water partition coefficient (Wildman–Crippen LogP) is 0.808. The summed E-state index contributed by atoms with van der Waals surface area (Å²) in [6, 6.07) is 3.01. The summed E-state index contributed by atoms with van der Waals surface area (Å²) in [7, 11) is 0. The zero-order chi connectivity index (χ0) is 11.5. The maximum Gasteiger partial charge on any atom is 0.311 e. The molecule has 0 saturated carbocycles. The van der Waals surface area contributed by atoms with Gasteiger partial charge in [-0.25, -0.2) is 4.98 Å². The monoisotopic (exact) mass is 223 g/mol. The lowest BCUT2D eigenvalue weighted by Crippen LogP contribution is -2.22. The van der Waals surface area contributed by atoms with E-state index in [2.05, 4.69) is 4.98 Å². The van der Waals surface area contributed by atoms with Gasteiger partial charge in [-0.2, -0.15) is 0 Å². The molecule has 0 spiro atoms. The van der Waals surface area contributed by atoms with Crippen molar-refractivity contribution in [1.82, 2.24) is 4.98 Å². The number of hydrogen-bond donors (Lipinski definition) is 1. The van der Waals surface area contributed by atoms with Crippen molar-refractivity contribution >= 4 is 11.5 Å². The van der Waals surface area contributed by atoms with E-state index in [9.17, 15) is 10.1 Å². The summed E-state index contributed by atoms with van der Waals surface area (Å²) < 4.78 is 0. The Kier molecular flexibility index (Phi) is 3.00. The van der Waals surface area contributed by atoms with Crippen LogP contribution in [0.15, 0.2) is 18.3 Å². The van der Waals surface area contributed by atoms with Crippen molar-refractivity contribution < 1.29 is 10.0 Å². The van der Waals surface area contributed by atoms with E-state index < -0.39 is 4.92 Å². The molecule has 86 valence electrons. The highest BCUT2D eigenvalue weighted by molar-refractivity contribution is 5.57. The standard InChI is InChI=1S/C10H13N3O3/c14-7-8-3-5-12(6-8)10-9(13(15)16)2-1-4-11-10/h1-2,4,8,14H,3,5-7H2. The molecule has 2 rings (SSSR count). The number of aliphatic hydroxyl groups is 1. The highest BCUT2D eigenvalue weighted by Gasteiger charge is 2.27. The molecule has 16 heavy (non-hydrogen) atoms. The predicted molar refractivity (Wildman–Crippen MR) is 58.3 cm³/mol. The summed E-state index contributed by atoms with van der Waals surface area (Å²) in [5.74, 6) is 0.602. The number of aliphatic hydroxyl groups excluding tert-OH is 1. The second-order valence-electron chi connectivity index (χ2n) is 3.89. The fourth-order valence-corrected chi connectivity index (χ4v) is 1.95. The minimum absolute atomic E-state index is 0.0288. The average molecular weight is 223 g/mol. The van der Waals surface area contributed by atoms with E-state index in [0.717, 1.165) is 6.42 Å². The second-order valence-corrected chi connectivity index (χ2v) is 3.89. The third-order valence-electron chi connectivity index (χ3n) is 2.81. The Labute approximate surface area is 92.7 Å². The van der Waals surface area contributed by atoms with E-state index in [-0.39, 0.29) is 18.2 Å². The van der Waals surface area contributed by atoms with Crippen molar-refractivity contribution in [2.45, 2.75) is 6.42 Å². The summed E-state index contributed by atoms with van der Waals surface area (Å²) in [5, 5.41) is 19.8. The largest absolute Gasteiger partial charge is 0.396 e. The topological polar surface area (TPSA) is 79.5 Å². The summed E-state index contributed by atoms with van der Waals surface area (Å²) in [5.41, 5.74) is 0.0288. The van der Waals surface area contributed by atoms with Gasteiger partial charge in [0, 0.05) is 37.9 Å². The van der Waals surface area contributed by atoms with E-state index in [1.165, 1.54) is 6.07 Å². The van der Waals surface area contributed by atoms with Crippen LogP contribution >= 0.6 is 0 Å². The van der Waals surface area contributed by atoms with Crippen LogP contribution in [0.2, 0.25) is 0 Å². The van der Waals surface area contributed by atoms with E-state index in [0.29, 0.717) is 18.9 Å². The first-order valence-corrected chi connectivity index (χ1v) is 5.17. The van der Waals surface area contributed by atoms with Crippen molar-refractivity contribution in [2.24, 2.45) is 5.92 Å². The maximum atomic E-state index is 10.8. The summed E-state index contributed by atoms with van der Waals surface area (Å²) in [6.07, 6.45) is 2.40. The van der Waals surface area contributed by atoms with Crippen LogP contribution in [-0.2, 0) is 0 Å². The van der Waals surface area contributed by atoms with Crippen LogP contribution in [0.5, 0.6) is 0 Å². The SMILES string of the molecule is O=[N+]([O-])c1cccnc1N1CCC(CO)C1. The molecular weight excluding hydrogens is 210 g/mol. The molecule has 0 aromatic carbocycles. The molecule has 0 amide bonds. The van der Waals surface area contributed by atoms with E-state index in [1.807, 2.05) is 4.90 Å². The lowest BCUT2D eigenvalue weighted by molar-refractivity contribution is -0.384. The maximum absolute atomic E-state index is 10.8. The Morgan fingerprint density at radius 2 is 2.50 bits per heavy atom. The second kappa shape index (κ2) is 4.44. The number of rotatable bonds is 3. The minimum atomic E-state index is -0.422. The van der Waals surface area contributed by atoms with E-state index >= 15 is 0 Å². The van der Waals surface area contributed by atoms with E-state index in [4.69, 9.17) is 5.11 Å². The Hall–Kier alpha value is -1.69. The van der Waals surface area contributed by atoms with Crippen molar-refractivity contribution in [2.75, 3.05) is 24.6 Å². The third kappa shape index (κ3) is 1.96. The van der Waals surface area contributed by atoms with Gasteiger partial charge in [0.05, 0.1) is 4.92 Å². The van der Waals surface area contributed by atoms with Gasteiger partial charge >= 0.3 is 5.69 Å². The smallest absolute Gasteiger partial charge is 0.311 e. The Morgan fingerprint density at radius 3 is 3.12 bits per heavy atom. The molecular formula is C10H13N3O3. The van der Waals surface area contributed by atoms with Gasteiger partial charge in [-0.1, -0.05) is 0 Å². The number of pyridine rings is 1. The number of hydrogen-bond acceptors (Lipinski definition) is 5. The zero-order valence-electron chi connectivity index (χ0n) is 8.74. The molecule has 2 heterocycles. The van der Waals surface area contributed by atoms with Crippen LogP contribution in [-0.4, -0.2) is 34.7 Å². The van der Waals surface area contributed by atoms with Crippen LogP contribution < -0.4 is 4.90 Å². The van der Waals surface area contributed by atoms with Crippen LogP contribution in [0.25, 0.3) is 0 Å². The Bertz CT molecular complexity index is 397. The molecule has 1 aliphatic rings. The average Bonchev–Trinajstić information content (AvgIpc) is 2.77. The zero-order valence-corrected chi connectivity index (χ0v) is 8.74. The van der Waals surface area contributed by atoms with Gasteiger partial charge in [-0.3, -0.25) is 10.1 Å². The molecule has 1 aromatic heterocycles. The molecule has 0 aliphatic carbocycles. The number of aromatic nitrogens is 1. The van der Waals surface area contributed by atoms with Crippen molar-refractivity contribution in [3.63, 3.8) is 0 Å². The first-order valence-electron chi connectivity index (χ1n) is 5.17. The molecule has 1 aliphatic heterocycles. The molecule has 1 fully saturated rings.